The van der Waals surface area contributed by atoms with E-state index in [2.05, 4.69) is 20.4 Å². The lowest BCUT2D eigenvalue weighted by Gasteiger charge is -2.24. The van der Waals surface area contributed by atoms with Gasteiger partial charge in [-0.1, -0.05) is 6.07 Å². The molecule has 2 aliphatic rings. The van der Waals surface area contributed by atoms with Crippen LogP contribution < -0.4 is 5.56 Å². The Labute approximate surface area is 171 Å². The van der Waals surface area contributed by atoms with Gasteiger partial charge in [-0.3, -0.25) is 9.59 Å². The molecule has 1 saturated heterocycles. The predicted molar refractivity (Wildman–Crippen MR) is 109 cm³/mol. The van der Waals surface area contributed by atoms with Gasteiger partial charge in [0.2, 0.25) is 5.82 Å². The van der Waals surface area contributed by atoms with Gasteiger partial charge >= 0.3 is 0 Å². The lowest BCUT2D eigenvalue weighted by molar-refractivity contribution is 0.0715. The zero-order chi connectivity index (χ0) is 19.8. The number of likely N-dealkylation sites (tertiary alicyclic amines) is 1. The van der Waals surface area contributed by atoms with Crippen LogP contribution in [-0.2, 0) is 19.4 Å². The Morgan fingerprint density at radius 3 is 3.03 bits per heavy atom. The number of aromatic amines is 1. The van der Waals surface area contributed by atoms with Crippen LogP contribution in [0.1, 0.15) is 47.3 Å². The Morgan fingerprint density at radius 1 is 1.28 bits per heavy atom. The second kappa shape index (κ2) is 7.55. The normalized spacial score (nSPS) is 18.8. The molecule has 4 heterocycles. The summed E-state index contributed by atoms with van der Waals surface area (Å²) >= 11 is 1.57. The van der Waals surface area contributed by atoms with E-state index in [4.69, 9.17) is 0 Å². The summed E-state index contributed by atoms with van der Waals surface area (Å²) in [5, 5.41) is 14.7. The molecule has 9 heteroatoms. The van der Waals surface area contributed by atoms with Crippen LogP contribution in [0.2, 0.25) is 0 Å². The average molecular weight is 411 g/mol. The van der Waals surface area contributed by atoms with Crippen molar-refractivity contribution in [3.05, 3.63) is 50.8 Å². The minimum absolute atomic E-state index is 0.0386. The zero-order valence-corrected chi connectivity index (χ0v) is 16.8. The number of tetrazole rings is 1. The maximum Gasteiger partial charge on any atom is 0.261 e. The molecule has 150 valence electrons. The van der Waals surface area contributed by atoms with Gasteiger partial charge in [-0.2, -0.15) is 4.80 Å². The molecule has 29 heavy (non-hydrogen) atoms. The topological polar surface area (TPSA) is 96.8 Å². The van der Waals surface area contributed by atoms with Crippen molar-refractivity contribution in [3.63, 3.8) is 0 Å². The van der Waals surface area contributed by atoms with E-state index in [1.54, 1.807) is 21.0 Å². The predicted octanol–water partition coefficient (Wildman–Crippen LogP) is 2.27. The fraction of sp³-hybridized carbons (Fsp3) is 0.450. The molecule has 0 bridgehead atoms. The van der Waals surface area contributed by atoms with Gasteiger partial charge in [-0.05, 0) is 66.8 Å². The van der Waals surface area contributed by atoms with Gasteiger partial charge in [0, 0.05) is 12.2 Å². The summed E-state index contributed by atoms with van der Waals surface area (Å²) in [6.45, 7) is 1.12. The van der Waals surface area contributed by atoms with Crippen molar-refractivity contribution >= 4 is 17.2 Å². The molecule has 0 unspecified atom stereocenters. The van der Waals surface area contributed by atoms with Crippen LogP contribution in [0.4, 0.5) is 0 Å². The number of carbonyl (C=O) groups is 1. The maximum atomic E-state index is 13.2. The number of carbonyl (C=O) groups excluding carboxylic acids is 1. The van der Waals surface area contributed by atoms with Crippen LogP contribution in [0.25, 0.3) is 10.7 Å². The first-order valence-electron chi connectivity index (χ1n) is 10.1. The van der Waals surface area contributed by atoms with Crippen molar-refractivity contribution < 1.29 is 4.79 Å². The molecular weight excluding hydrogens is 388 g/mol. The number of pyridine rings is 1. The van der Waals surface area contributed by atoms with Crippen LogP contribution in [-0.4, -0.2) is 48.6 Å². The van der Waals surface area contributed by atoms with Crippen molar-refractivity contribution in [2.24, 2.45) is 0 Å². The van der Waals surface area contributed by atoms with Crippen LogP contribution in [0.15, 0.2) is 28.4 Å². The molecule has 1 N–H and O–H groups in total. The van der Waals surface area contributed by atoms with Gasteiger partial charge in [0.15, 0.2) is 0 Å². The lowest BCUT2D eigenvalue weighted by atomic mass is 9.95. The number of rotatable bonds is 4. The molecular formula is C20H22N6O2S. The highest BCUT2D eigenvalue weighted by Crippen LogP contribution is 2.24. The van der Waals surface area contributed by atoms with Crippen molar-refractivity contribution in [3.8, 4) is 10.7 Å². The Hall–Kier alpha value is -2.81. The summed E-state index contributed by atoms with van der Waals surface area (Å²) < 4.78 is 0. The lowest BCUT2D eigenvalue weighted by Crippen LogP contribution is -2.41. The number of amides is 1. The third kappa shape index (κ3) is 3.50. The maximum absolute atomic E-state index is 13.2. The van der Waals surface area contributed by atoms with E-state index < -0.39 is 0 Å². The van der Waals surface area contributed by atoms with E-state index in [1.807, 2.05) is 23.6 Å². The Balaban J connectivity index is 1.36. The molecule has 8 nitrogen and oxygen atoms in total. The third-order valence-corrected chi connectivity index (χ3v) is 6.64. The molecule has 1 atom stereocenters. The standard InChI is InChI=1S/C20H22N6O2S/c27-19-15(11-13-5-1-2-7-16(13)21-19)20(28)25-9-3-6-14(25)12-26-23-18(22-24-26)17-8-4-10-29-17/h4,8,10-11,14H,1-3,5-7,9,12H2,(H,21,27)/t14-/m1/s1. The van der Waals surface area contributed by atoms with Crippen molar-refractivity contribution in [1.29, 1.82) is 0 Å². The molecule has 5 rings (SSSR count). The molecule has 1 aliphatic heterocycles. The van der Waals surface area contributed by atoms with Gasteiger partial charge < -0.3 is 9.88 Å². The van der Waals surface area contributed by atoms with Crippen molar-refractivity contribution in [2.45, 2.75) is 51.1 Å². The number of fused-ring (bicyclic) bond motifs is 1. The SMILES string of the molecule is O=C(c1cc2c([nH]c1=O)CCCC2)N1CCC[C@@H]1Cn1nnc(-c2cccs2)n1. The minimum Gasteiger partial charge on any atom is -0.334 e. The number of thiophene rings is 1. The molecule has 1 aliphatic carbocycles. The highest BCUT2D eigenvalue weighted by molar-refractivity contribution is 7.13. The van der Waals surface area contributed by atoms with Crippen molar-refractivity contribution in [2.75, 3.05) is 6.54 Å². The summed E-state index contributed by atoms with van der Waals surface area (Å²) in [4.78, 5) is 33.0. The van der Waals surface area contributed by atoms with Crippen LogP contribution in [0.3, 0.4) is 0 Å². The summed E-state index contributed by atoms with van der Waals surface area (Å²) in [6.07, 6.45) is 5.77. The van der Waals surface area contributed by atoms with Crippen LogP contribution >= 0.6 is 11.3 Å². The molecule has 1 amide bonds. The number of nitrogens with one attached hydrogen (secondary N) is 1. The van der Waals surface area contributed by atoms with Gasteiger partial charge in [-0.15, -0.1) is 21.5 Å². The molecule has 0 aromatic carbocycles. The monoisotopic (exact) mass is 410 g/mol. The highest BCUT2D eigenvalue weighted by atomic mass is 32.1. The quantitative estimate of drug-likeness (QED) is 0.712. The zero-order valence-electron chi connectivity index (χ0n) is 16.0. The largest absolute Gasteiger partial charge is 0.334 e. The number of nitrogens with zero attached hydrogens (tertiary/aromatic N) is 5. The first-order valence-corrected chi connectivity index (χ1v) is 10.9. The summed E-state index contributed by atoms with van der Waals surface area (Å²) in [5.74, 6) is 0.405. The third-order valence-electron chi connectivity index (χ3n) is 5.77. The first-order chi connectivity index (χ1) is 14.2. The second-order valence-electron chi connectivity index (χ2n) is 7.66. The highest BCUT2D eigenvalue weighted by Gasteiger charge is 2.32. The van der Waals surface area contributed by atoms with E-state index in [-0.39, 0.29) is 23.1 Å². The number of aromatic nitrogens is 5. The van der Waals surface area contributed by atoms with E-state index in [0.29, 0.717) is 18.9 Å². The molecule has 0 radical (unpaired) electrons. The minimum atomic E-state index is -0.278. The van der Waals surface area contributed by atoms with E-state index in [1.165, 1.54) is 0 Å². The summed E-state index contributed by atoms with van der Waals surface area (Å²) in [5.41, 5.74) is 2.07. The fourth-order valence-electron chi connectivity index (χ4n) is 4.29. The van der Waals surface area contributed by atoms with Gasteiger partial charge in [0.25, 0.3) is 11.5 Å². The Morgan fingerprint density at radius 2 is 2.17 bits per heavy atom. The van der Waals surface area contributed by atoms with Gasteiger partial charge in [-0.25, -0.2) is 0 Å². The molecule has 3 aromatic heterocycles. The number of hydrogen-bond acceptors (Lipinski definition) is 6. The molecule has 0 saturated carbocycles. The Bertz CT molecular complexity index is 1090. The Kier molecular flexibility index (Phi) is 4.75. The van der Waals surface area contributed by atoms with Crippen LogP contribution in [0.5, 0.6) is 0 Å². The number of H-pyrrole nitrogens is 1. The van der Waals surface area contributed by atoms with E-state index in [0.717, 1.165) is 54.7 Å². The number of aryl methyl sites for hydroxylation is 2. The van der Waals surface area contributed by atoms with Crippen LogP contribution in [0, 0.1) is 0 Å². The van der Waals surface area contributed by atoms with Gasteiger partial charge in [0.05, 0.1) is 17.5 Å². The summed E-state index contributed by atoms with van der Waals surface area (Å²) in [7, 11) is 0. The van der Waals surface area contributed by atoms with Crippen molar-refractivity contribution in [1.82, 2.24) is 30.1 Å². The first kappa shape index (κ1) is 18.2. The molecule has 3 aromatic rings. The fourth-order valence-corrected chi connectivity index (χ4v) is 4.94. The van der Waals surface area contributed by atoms with E-state index in [9.17, 15) is 9.59 Å². The smallest absolute Gasteiger partial charge is 0.261 e. The molecule has 1 fully saturated rings. The van der Waals surface area contributed by atoms with Gasteiger partial charge in [0.1, 0.15) is 5.56 Å². The summed E-state index contributed by atoms with van der Waals surface area (Å²) in [6, 6.07) is 5.69. The number of hydrogen-bond donors (Lipinski definition) is 1. The second-order valence-corrected chi connectivity index (χ2v) is 8.61. The molecule has 0 spiro atoms. The average Bonchev–Trinajstić information content (AvgIpc) is 3.49. The van der Waals surface area contributed by atoms with E-state index >= 15 is 0 Å².